The third kappa shape index (κ3) is 5.56. The van der Waals surface area contributed by atoms with E-state index in [1.165, 1.54) is 5.56 Å². The van der Waals surface area contributed by atoms with E-state index < -0.39 is 6.04 Å². The largest absolute Gasteiger partial charge is 0.392 e. The molecule has 1 aromatic carbocycles. The normalized spacial score (nSPS) is 21.9. The second-order valence-corrected chi connectivity index (χ2v) is 8.21. The number of aliphatic hydroxyl groups is 1. The molecule has 1 aliphatic carbocycles. The molecule has 1 heterocycles. The number of nitrogens with one attached hydrogen (secondary N) is 3. The number of aliphatic hydroxyl groups excluding tert-OH is 1. The summed E-state index contributed by atoms with van der Waals surface area (Å²) in [5.41, 5.74) is 2.16. The van der Waals surface area contributed by atoms with E-state index in [4.69, 9.17) is 11.6 Å². The molecule has 0 spiro atoms. The van der Waals surface area contributed by atoms with E-state index in [0.717, 1.165) is 42.8 Å². The van der Waals surface area contributed by atoms with Crippen molar-refractivity contribution in [3.05, 3.63) is 46.6 Å². The fourth-order valence-electron chi connectivity index (χ4n) is 3.67. The molecule has 0 aliphatic heterocycles. The minimum atomic E-state index is -0.399. The maximum absolute atomic E-state index is 12.5. The molecule has 7 heteroatoms. The summed E-state index contributed by atoms with van der Waals surface area (Å²) in [5, 5.41) is 24.1. The number of rotatable bonds is 7. The van der Waals surface area contributed by atoms with Crippen molar-refractivity contribution in [2.24, 2.45) is 0 Å². The van der Waals surface area contributed by atoms with Crippen LogP contribution < -0.4 is 10.6 Å². The molecule has 4 N–H and O–H groups in total. The first-order chi connectivity index (χ1) is 13.4. The molecule has 28 heavy (non-hydrogen) atoms. The van der Waals surface area contributed by atoms with Gasteiger partial charge in [-0.05, 0) is 43.9 Å². The van der Waals surface area contributed by atoms with Crippen molar-refractivity contribution in [2.45, 2.75) is 70.1 Å². The van der Waals surface area contributed by atoms with Gasteiger partial charge in [0.05, 0.1) is 12.1 Å². The van der Waals surface area contributed by atoms with Crippen LogP contribution in [0.15, 0.2) is 30.3 Å². The Bertz CT molecular complexity index is 777. The second kappa shape index (κ2) is 9.54. The number of carbonyl (C=O) groups excluding carboxylic acids is 1. The molecule has 152 valence electrons. The Labute approximate surface area is 171 Å². The van der Waals surface area contributed by atoms with Gasteiger partial charge in [0, 0.05) is 28.7 Å². The number of aromatic amines is 1. The molecule has 4 atom stereocenters. The number of carbonyl (C=O) groups is 1. The van der Waals surface area contributed by atoms with Gasteiger partial charge in [0.15, 0.2) is 5.82 Å². The number of hydrogen-bond donors (Lipinski definition) is 4. The van der Waals surface area contributed by atoms with Gasteiger partial charge in [0.25, 0.3) is 0 Å². The Morgan fingerprint density at radius 2 is 2.00 bits per heavy atom. The highest BCUT2D eigenvalue weighted by Crippen LogP contribution is 2.22. The van der Waals surface area contributed by atoms with E-state index in [1.807, 2.05) is 37.3 Å². The highest BCUT2D eigenvalue weighted by atomic mass is 35.5. The summed E-state index contributed by atoms with van der Waals surface area (Å²) in [4.78, 5) is 12.5. The van der Waals surface area contributed by atoms with Crippen molar-refractivity contribution in [2.75, 3.05) is 5.32 Å². The number of benzene rings is 1. The van der Waals surface area contributed by atoms with E-state index in [2.05, 4.69) is 27.8 Å². The predicted molar refractivity (Wildman–Crippen MR) is 112 cm³/mol. The fraction of sp³-hybridized carbons (Fsp3) is 0.524. The average Bonchev–Trinajstić information content (AvgIpc) is 3.14. The van der Waals surface area contributed by atoms with Gasteiger partial charge in [0.2, 0.25) is 5.91 Å². The van der Waals surface area contributed by atoms with Crippen LogP contribution in [0.25, 0.3) is 0 Å². The maximum atomic E-state index is 12.5. The molecule has 3 rings (SSSR count). The summed E-state index contributed by atoms with van der Waals surface area (Å²) in [6.45, 7) is 3.93. The standard InChI is InChI=1S/C21H29ClN4O2/c1-13(11-15-7-9-16(22)10-8-15)18-12-20(26-25-18)24-21(28)14(2)23-17-5-3-4-6-19(17)27/h7-10,12-14,17,19,23,27H,3-6,11H2,1-2H3,(H2,24,25,26,28). The highest BCUT2D eigenvalue weighted by molar-refractivity contribution is 6.30. The quantitative estimate of drug-likeness (QED) is 0.567. The minimum Gasteiger partial charge on any atom is -0.392 e. The third-order valence-corrected chi connectivity index (χ3v) is 5.67. The lowest BCUT2D eigenvalue weighted by molar-refractivity contribution is -0.118. The predicted octanol–water partition coefficient (Wildman–Crippen LogP) is 3.63. The summed E-state index contributed by atoms with van der Waals surface area (Å²) in [6, 6.07) is 9.27. The van der Waals surface area contributed by atoms with Crippen LogP contribution in [0.1, 0.15) is 56.7 Å². The smallest absolute Gasteiger partial charge is 0.242 e. The van der Waals surface area contributed by atoms with Crippen molar-refractivity contribution in [3.63, 3.8) is 0 Å². The van der Waals surface area contributed by atoms with Crippen LogP contribution in [0, 0.1) is 0 Å². The lowest BCUT2D eigenvalue weighted by atomic mass is 9.92. The van der Waals surface area contributed by atoms with Gasteiger partial charge in [-0.3, -0.25) is 9.89 Å². The van der Waals surface area contributed by atoms with Crippen LogP contribution in [0.5, 0.6) is 0 Å². The molecule has 1 amide bonds. The van der Waals surface area contributed by atoms with Crippen LogP contribution in [0.2, 0.25) is 5.02 Å². The van der Waals surface area contributed by atoms with E-state index >= 15 is 0 Å². The molecule has 1 fully saturated rings. The van der Waals surface area contributed by atoms with Crippen molar-refractivity contribution >= 4 is 23.3 Å². The van der Waals surface area contributed by atoms with Crippen molar-refractivity contribution in [1.82, 2.24) is 15.5 Å². The van der Waals surface area contributed by atoms with E-state index in [1.54, 1.807) is 0 Å². The second-order valence-electron chi connectivity index (χ2n) is 7.78. The average molecular weight is 405 g/mol. The fourth-order valence-corrected chi connectivity index (χ4v) is 3.80. The molecule has 1 aromatic heterocycles. The molecule has 1 saturated carbocycles. The Balaban J connectivity index is 1.52. The summed E-state index contributed by atoms with van der Waals surface area (Å²) < 4.78 is 0. The molecule has 0 radical (unpaired) electrons. The third-order valence-electron chi connectivity index (χ3n) is 5.42. The van der Waals surface area contributed by atoms with Gasteiger partial charge in [-0.25, -0.2) is 0 Å². The van der Waals surface area contributed by atoms with Gasteiger partial charge in [-0.1, -0.05) is 43.5 Å². The first-order valence-corrected chi connectivity index (χ1v) is 10.3. The van der Waals surface area contributed by atoms with Gasteiger partial charge in [-0.2, -0.15) is 5.10 Å². The summed E-state index contributed by atoms with van der Waals surface area (Å²) in [7, 11) is 0. The van der Waals surface area contributed by atoms with Crippen LogP contribution in [-0.2, 0) is 11.2 Å². The monoisotopic (exact) mass is 404 g/mol. The lowest BCUT2D eigenvalue weighted by Gasteiger charge is -2.30. The number of aromatic nitrogens is 2. The molecule has 1 aliphatic rings. The zero-order valence-corrected chi connectivity index (χ0v) is 17.2. The van der Waals surface area contributed by atoms with Gasteiger partial charge >= 0.3 is 0 Å². The highest BCUT2D eigenvalue weighted by Gasteiger charge is 2.26. The molecule has 0 saturated heterocycles. The minimum absolute atomic E-state index is 0.0244. The number of H-pyrrole nitrogens is 1. The summed E-state index contributed by atoms with van der Waals surface area (Å²) >= 11 is 5.94. The Morgan fingerprint density at radius 1 is 1.29 bits per heavy atom. The molecule has 2 aromatic rings. The van der Waals surface area contributed by atoms with Crippen LogP contribution in [0.4, 0.5) is 5.82 Å². The molecular weight excluding hydrogens is 376 g/mol. The summed E-state index contributed by atoms with van der Waals surface area (Å²) in [5.74, 6) is 0.592. The van der Waals surface area contributed by atoms with Crippen molar-refractivity contribution < 1.29 is 9.90 Å². The van der Waals surface area contributed by atoms with E-state index in [0.29, 0.717) is 5.82 Å². The number of halogens is 1. The SMILES string of the molecule is CC(NC1CCCCC1O)C(=O)Nc1cc(C(C)Cc2ccc(Cl)cc2)[nH]n1. The van der Waals surface area contributed by atoms with Crippen molar-refractivity contribution in [1.29, 1.82) is 0 Å². The number of nitrogens with zero attached hydrogens (tertiary/aromatic N) is 1. The molecule has 6 nitrogen and oxygen atoms in total. The van der Waals surface area contributed by atoms with Gasteiger partial charge < -0.3 is 15.7 Å². The Kier molecular flexibility index (Phi) is 7.10. The summed E-state index contributed by atoms with van der Waals surface area (Å²) in [6.07, 6.45) is 4.29. The van der Waals surface area contributed by atoms with Crippen LogP contribution in [0.3, 0.4) is 0 Å². The lowest BCUT2D eigenvalue weighted by Crippen LogP contribution is -2.50. The van der Waals surface area contributed by atoms with Gasteiger partial charge in [-0.15, -0.1) is 0 Å². The van der Waals surface area contributed by atoms with Crippen LogP contribution in [-0.4, -0.2) is 39.4 Å². The molecule has 0 bridgehead atoms. The Morgan fingerprint density at radius 3 is 2.71 bits per heavy atom. The Hall–Kier alpha value is -1.89. The van der Waals surface area contributed by atoms with Crippen LogP contribution >= 0.6 is 11.6 Å². The van der Waals surface area contributed by atoms with E-state index in [-0.39, 0.29) is 24.0 Å². The van der Waals surface area contributed by atoms with Gasteiger partial charge in [0.1, 0.15) is 0 Å². The number of anilines is 1. The number of hydrogen-bond acceptors (Lipinski definition) is 4. The maximum Gasteiger partial charge on any atom is 0.242 e. The zero-order valence-electron chi connectivity index (χ0n) is 16.4. The van der Waals surface area contributed by atoms with Crippen molar-refractivity contribution in [3.8, 4) is 0 Å². The topological polar surface area (TPSA) is 90.0 Å². The zero-order chi connectivity index (χ0) is 20.1. The number of amides is 1. The molecule has 4 unspecified atom stereocenters. The first-order valence-electron chi connectivity index (χ1n) is 9.97. The molecular formula is C21H29ClN4O2. The van der Waals surface area contributed by atoms with E-state index in [9.17, 15) is 9.90 Å². The first kappa shape index (κ1) is 20.8.